The van der Waals surface area contributed by atoms with E-state index in [1.54, 1.807) is 29.2 Å². The first-order valence-electron chi connectivity index (χ1n) is 11.0. The van der Waals surface area contributed by atoms with Gasteiger partial charge in [-0.2, -0.15) is 0 Å². The second kappa shape index (κ2) is 11.7. The van der Waals surface area contributed by atoms with Gasteiger partial charge >= 0.3 is 0 Å². The second-order valence-electron chi connectivity index (χ2n) is 8.06. The van der Waals surface area contributed by atoms with Crippen molar-refractivity contribution in [2.75, 3.05) is 52.9 Å². The van der Waals surface area contributed by atoms with Gasteiger partial charge in [0.2, 0.25) is 11.8 Å². The molecule has 1 saturated heterocycles. The topological polar surface area (TPSA) is 82.2 Å². The number of methoxy groups -OCH3 is 1. The molecule has 1 aliphatic heterocycles. The van der Waals surface area contributed by atoms with Gasteiger partial charge in [0.05, 0.1) is 19.2 Å². The molecule has 0 aliphatic carbocycles. The minimum absolute atomic E-state index is 0.0616. The Labute approximate surface area is 185 Å². The van der Waals surface area contributed by atoms with Crippen LogP contribution in [0.4, 0.5) is 0 Å². The summed E-state index contributed by atoms with van der Waals surface area (Å²) in [6.07, 6.45) is 0. The highest BCUT2D eigenvalue weighted by atomic mass is 16.5. The van der Waals surface area contributed by atoms with E-state index in [9.17, 15) is 14.4 Å². The summed E-state index contributed by atoms with van der Waals surface area (Å²) >= 11 is 0. The summed E-state index contributed by atoms with van der Waals surface area (Å²) in [6, 6.07) is 6.34. The maximum Gasteiger partial charge on any atom is 0.255 e. The summed E-state index contributed by atoms with van der Waals surface area (Å²) in [5, 5.41) is 2.89. The lowest BCUT2D eigenvalue weighted by atomic mass is 10.0. The number of piperazine rings is 1. The van der Waals surface area contributed by atoms with Crippen molar-refractivity contribution in [3.8, 4) is 5.75 Å². The molecule has 0 radical (unpaired) electrons. The molecule has 1 fully saturated rings. The van der Waals surface area contributed by atoms with Crippen LogP contribution in [0.25, 0.3) is 0 Å². The number of nitrogens with one attached hydrogen (secondary N) is 1. The van der Waals surface area contributed by atoms with Crippen molar-refractivity contribution >= 4 is 17.7 Å². The molecular weight excluding hydrogens is 396 g/mol. The lowest BCUT2D eigenvalue weighted by molar-refractivity contribution is -0.137. The molecule has 0 bridgehead atoms. The summed E-state index contributed by atoms with van der Waals surface area (Å²) in [7, 11) is 1.52. The molecule has 2 rings (SSSR count). The zero-order valence-corrected chi connectivity index (χ0v) is 19.4. The molecule has 1 atom stereocenters. The van der Waals surface area contributed by atoms with E-state index in [2.05, 4.69) is 10.2 Å². The molecule has 1 aromatic carbocycles. The number of amides is 3. The average Bonchev–Trinajstić information content (AvgIpc) is 2.78. The van der Waals surface area contributed by atoms with Crippen molar-refractivity contribution in [2.24, 2.45) is 5.92 Å². The molecular formula is C23H36N4O4. The van der Waals surface area contributed by atoms with E-state index in [1.807, 2.05) is 32.6 Å². The molecule has 3 amide bonds. The van der Waals surface area contributed by atoms with Crippen LogP contribution in [0.1, 0.15) is 38.1 Å². The van der Waals surface area contributed by atoms with Gasteiger partial charge in [0, 0.05) is 39.3 Å². The zero-order valence-electron chi connectivity index (χ0n) is 19.4. The summed E-state index contributed by atoms with van der Waals surface area (Å²) in [5.74, 6) is 0.115. The number of nitrogens with zero attached hydrogens (tertiary/aromatic N) is 3. The quantitative estimate of drug-likeness (QED) is 0.639. The molecule has 8 nitrogen and oxygen atoms in total. The molecule has 1 aliphatic rings. The third-order valence-electron chi connectivity index (χ3n) is 5.73. The third-order valence-corrected chi connectivity index (χ3v) is 5.73. The third kappa shape index (κ3) is 6.43. The molecule has 1 heterocycles. The molecule has 1 N–H and O–H groups in total. The van der Waals surface area contributed by atoms with Crippen LogP contribution in [0.3, 0.4) is 0 Å². The fourth-order valence-electron chi connectivity index (χ4n) is 3.76. The first-order valence-corrected chi connectivity index (χ1v) is 11.0. The molecule has 8 heteroatoms. The highest BCUT2D eigenvalue weighted by Gasteiger charge is 2.32. The van der Waals surface area contributed by atoms with Gasteiger partial charge < -0.3 is 19.9 Å². The van der Waals surface area contributed by atoms with Crippen LogP contribution in [0, 0.1) is 5.92 Å². The van der Waals surface area contributed by atoms with Crippen LogP contribution in [-0.4, -0.2) is 91.4 Å². The number of benzene rings is 1. The van der Waals surface area contributed by atoms with E-state index in [0.29, 0.717) is 57.1 Å². The summed E-state index contributed by atoms with van der Waals surface area (Å²) in [6.45, 7) is 11.9. The SMILES string of the molecule is CCN(CC)C(=O)CN1CCN(C(=O)C(NC(=O)c2ccccc2OC)C(C)C)CC1. The summed E-state index contributed by atoms with van der Waals surface area (Å²) in [5.41, 5.74) is 0.406. The maximum absolute atomic E-state index is 13.2. The first-order chi connectivity index (χ1) is 14.8. The van der Waals surface area contributed by atoms with Crippen molar-refractivity contribution in [2.45, 2.75) is 33.7 Å². The Bertz CT molecular complexity index is 756. The fraction of sp³-hybridized carbons (Fsp3) is 0.609. The number of likely N-dealkylation sites (N-methyl/N-ethyl adjacent to an activating group) is 1. The van der Waals surface area contributed by atoms with E-state index < -0.39 is 6.04 Å². The van der Waals surface area contributed by atoms with Crippen LogP contribution in [-0.2, 0) is 9.59 Å². The van der Waals surface area contributed by atoms with Gasteiger partial charge in [-0.3, -0.25) is 19.3 Å². The van der Waals surface area contributed by atoms with Gasteiger partial charge in [-0.25, -0.2) is 0 Å². The Balaban J connectivity index is 1.97. The molecule has 0 spiro atoms. The maximum atomic E-state index is 13.2. The first kappa shape index (κ1) is 24.7. The van der Waals surface area contributed by atoms with Crippen molar-refractivity contribution in [3.63, 3.8) is 0 Å². The second-order valence-corrected chi connectivity index (χ2v) is 8.06. The van der Waals surface area contributed by atoms with Gasteiger partial charge in [0.25, 0.3) is 5.91 Å². The average molecular weight is 433 g/mol. The normalized spacial score (nSPS) is 15.5. The Kier molecular flexibility index (Phi) is 9.30. The van der Waals surface area contributed by atoms with Crippen LogP contribution >= 0.6 is 0 Å². The van der Waals surface area contributed by atoms with E-state index in [-0.39, 0.29) is 23.6 Å². The smallest absolute Gasteiger partial charge is 0.255 e. The molecule has 172 valence electrons. The predicted molar refractivity (Wildman–Crippen MR) is 120 cm³/mol. The number of carbonyl (C=O) groups is 3. The lowest BCUT2D eigenvalue weighted by Gasteiger charge is -2.37. The minimum atomic E-state index is -0.624. The fourth-order valence-corrected chi connectivity index (χ4v) is 3.76. The molecule has 0 saturated carbocycles. The Morgan fingerprint density at radius 3 is 2.23 bits per heavy atom. The highest BCUT2D eigenvalue weighted by Crippen LogP contribution is 2.18. The van der Waals surface area contributed by atoms with Crippen LogP contribution in [0.15, 0.2) is 24.3 Å². The number of hydrogen-bond acceptors (Lipinski definition) is 5. The Morgan fingerprint density at radius 2 is 1.68 bits per heavy atom. The van der Waals surface area contributed by atoms with E-state index in [0.717, 1.165) is 0 Å². The predicted octanol–water partition coefficient (Wildman–Crippen LogP) is 1.46. The number of rotatable bonds is 9. The standard InChI is InChI=1S/C23H36N4O4/c1-6-26(7-2)20(28)16-25-12-14-27(15-13-25)23(30)21(17(3)4)24-22(29)18-10-8-9-11-19(18)31-5/h8-11,17,21H,6-7,12-16H2,1-5H3,(H,24,29). The monoisotopic (exact) mass is 432 g/mol. The number of carbonyl (C=O) groups excluding carboxylic acids is 3. The number of ether oxygens (including phenoxy) is 1. The van der Waals surface area contributed by atoms with E-state index >= 15 is 0 Å². The van der Waals surface area contributed by atoms with Gasteiger partial charge in [-0.15, -0.1) is 0 Å². The van der Waals surface area contributed by atoms with E-state index in [1.165, 1.54) is 7.11 Å². The van der Waals surface area contributed by atoms with Gasteiger partial charge in [0.15, 0.2) is 0 Å². The lowest BCUT2D eigenvalue weighted by Crippen LogP contribution is -2.57. The van der Waals surface area contributed by atoms with Crippen molar-refractivity contribution < 1.29 is 19.1 Å². The van der Waals surface area contributed by atoms with Crippen molar-refractivity contribution in [1.82, 2.24) is 20.0 Å². The molecule has 1 unspecified atom stereocenters. The van der Waals surface area contributed by atoms with E-state index in [4.69, 9.17) is 4.74 Å². The number of hydrogen-bond donors (Lipinski definition) is 1. The van der Waals surface area contributed by atoms with Gasteiger partial charge in [0.1, 0.15) is 11.8 Å². The summed E-state index contributed by atoms with van der Waals surface area (Å²) < 4.78 is 5.27. The van der Waals surface area contributed by atoms with Gasteiger partial charge in [-0.1, -0.05) is 26.0 Å². The van der Waals surface area contributed by atoms with Crippen LogP contribution in [0.2, 0.25) is 0 Å². The largest absolute Gasteiger partial charge is 0.496 e. The Morgan fingerprint density at radius 1 is 1.06 bits per heavy atom. The number of para-hydroxylation sites is 1. The molecule has 31 heavy (non-hydrogen) atoms. The van der Waals surface area contributed by atoms with Crippen LogP contribution < -0.4 is 10.1 Å². The highest BCUT2D eigenvalue weighted by molar-refractivity contribution is 5.99. The molecule has 1 aromatic rings. The van der Waals surface area contributed by atoms with Gasteiger partial charge in [-0.05, 0) is 31.9 Å². The Hall–Kier alpha value is -2.61. The van der Waals surface area contributed by atoms with Crippen LogP contribution in [0.5, 0.6) is 5.75 Å². The van der Waals surface area contributed by atoms with Crippen molar-refractivity contribution in [1.29, 1.82) is 0 Å². The van der Waals surface area contributed by atoms with Crippen molar-refractivity contribution in [3.05, 3.63) is 29.8 Å². The minimum Gasteiger partial charge on any atom is -0.496 e. The summed E-state index contributed by atoms with van der Waals surface area (Å²) in [4.78, 5) is 44.0. The molecule has 0 aromatic heterocycles. The zero-order chi connectivity index (χ0) is 23.0.